The standard InChI is InChI=1S/C23H31N3O2.C14H19NO3.C9H14N2/c1-18(2)22(21-10-6-7-13-24-21)25-23(27)19-11-14-26(15-12-19)16-17-28-20-8-4-3-5-9-20;16-14(17)12-6-8-15(9-7-12)10-11-18-13-4-2-1-3-5-13;1-7(2)9(10)8-5-3-4-6-11-8/h3-10,13,18-19,22H,11-12,14-17H2,1-2H3,(H,25,27);1-5,12H,6-11H2,(H,16,17);3-7,9H,10H2,1-2H3. The van der Waals surface area contributed by atoms with E-state index in [1.165, 1.54) is 0 Å². The van der Waals surface area contributed by atoms with Gasteiger partial charge >= 0.3 is 5.97 Å². The van der Waals surface area contributed by atoms with Crippen LogP contribution in [0.15, 0.2) is 109 Å². The van der Waals surface area contributed by atoms with Crippen LogP contribution in [0, 0.1) is 23.7 Å². The van der Waals surface area contributed by atoms with E-state index in [2.05, 4.69) is 52.8 Å². The molecule has 2 aliphatic rings. The van der Waals surface area contributed by atoms with Crippen molar-refractivity contribution in [3.05, 3.63) is 121 Å². The van der Waals surface area contributed by atoms with Crippen LogP contribution in [0.4, 0.5) is 0 Å². The Kier molecular flexibility index (Phi) is 19.5. The largest absolute Gasteiger partial charge is 0.492 e. The van der Waals surface area contributed by atoms with Crippen molar-refractivity contribution in [2.24, 2.45) is 29.4 Å². The summed E-state index contributed by atoms with van der Waals surface area (Å²) in [5.41, 5.74) is 7.78. The fraction of sp³-hybridized carbons (Fsp3) is 0.478. The van der Waals surface area contributed by atoms with Gasteiger partial charge in [0.25, 0.3) is 0 Å². The zero-order valence-corrected chi connectivity index (χ0v) is 34.3. The lowest BCUT2D eigenvalue weighted by Gasteiger charge is -2.32. The van der Waals surface area contributed by atoms with Gasteiger partial charge in [0.05, 0.1) is 23.3 Å². The fourth-order valence-electron chi connectivity index (χ4n) is 6.77. The number of carbonyl (C=O) groups excluding carboxylic acids is 1. The summed E-state index contributed by atoms with van der Waals surface area (Å²) in [4.78, 5) is 36.9. The lowest BCUT2D eigenvalue weighted by atomic mass is 9.93. The molecule has 11 nitrogen and oxygen atoms in total. The van der Waals surface area contributed by atoms with E-state index in [-0.39, 0.29) is 29.8 Å². The summed E-state index contributed by atoms with van der Waals surface area (Å²) < 4.78 is 11.4. The van der Waals surface area contributed by atoms with Gasteiger partial charge < -0.3 is 25.6 Å². The van der Waals surface area contributed by atoms with Gasteiger partial charge in [-0.25, -0.2) is 0 Å². The molecule has 2 aromatic carbocycles. The van der Waals surface area contributed by atoms with E-state index >= 15 is 0 Å². The number of nitrogens with zero attached hydrogens (tertiary/aromatic N) is 4. The molecule has 308 valence electrons. The molecule has 57 heavy (non-hydrogen) atoms. The van der Waals surface area contributed by atoms with Crippen LogP contribution >= 0.6 is 0 Å². The third-order valence-electron chi connectivity index (χ3n) is 10.5. The monoisotopic (exact) mass is 780 g/mol. The van der Waals surface area contributed by atoms with Gasteiger partial charge in [-0.05, 0) is 112 Å². The second-order valence-electron chi connectivity index (χ2n) is 15.4. The molecule has 4 heterocycles. The Morgan fingerprint density at radius 3 is 1.51 bits per heavy atom. The quantitative estimate of drug-likeness (QED) is 0.113. The molecule has 2 fully saturated rings. The minimum absolute atomic E-state index is 0.0361. The summed E-state index contributed by atoms with van der Waals surface area (Å²) in [5.74, 6) is 1.97. The molecule has 2 atom stereocenters. The zero-order valence-electron chi connectivity index (χ0n) is 34.3. The molecule has 0 spiro atoms. The number of para-hydroxylation sites is 2. The number of hydrogen-bond acceptors (Lipinski definition) is 9. The molecule has 2 saturated heterocycles. The maximum atomic E-state index is 12.8. The molecule has 2 aliphatic heterocycles. The van der Waals surface area contributed by atoms with Crippen molar-refractivity contribution in [2.75, 3.05) is 52.5 Å². The molecule has 0 radical (unpaired) electrons. The van der Waals surface area contributed by atoms with Gasteiger partial charge in [-0.15, -0.1) is 0 Å². The van der Waals surface area contributed by atoms with Gasteiger partial charge in [0, 0.05) is 37.4 Å². The number of rotatable bonds is 15. The number of ether oxygens (including phenoxy) is 2. The van der Waals surface area contributed by atoms with Crippen molar-refractivity contribution in [3.8, 4) is 11.5 Å². The summed E-state index contributed by atoms with van der Waals surface area (Å²) in [5, 5.41) is 12.1. The Hall–Kier alpha value is -4.84. The third-order valence-corrected chi connectivity index (χ3v) is 10.5. The first-order chi connectivity index (χ1) is 27.6. The second-order valence-corrected chi connectivity index (χ2v) is 15.4. The highest BCUT2D eigenvalue weighted by Gasteiger charge is 2.28. The molecule has 2 aromatic heterocycles. The molecular weight excluding hydrogens is 717 g/mol. The first kappa shape index (κ1) is 44.9. The molecule has 11 heteroatoms. The zero-order chi connectivity index (χ0) is 40.8. The van der Waals surface area contributed by atoms with Crippen LogP contribution in [0.2, 0.25) is 0 Å². The van der Waals surface area contributed by atoms with Crippen molar-refractivity contribution < 1.29 is 24.2 Å². The number of piperidine rings is 2. The molecule has 6 rings (SSSR count). The van der Waals surface area contributed by atoms with E-state index in [4.69, 9.17) is 20.3 Å². The van der Waals surface area contributed by atoms with Crippen LogP contribution in [0.3, 0.4) is 0 Å². The van der Waals surface area contributed by atoms with Gasteiger partial charge in [0.2, 0.25) is 5.91 Å². The van der Waals surface area contributed by atoms with E-state index in [0.29, 0.717) is 25.0 Å². The highest BCUT2D eigenvalue weighted by molar-refractivity contribution is 5.79. The van der Waals surface area contributed by atoms with Crippen molar-refractivity contribution >= 4 is 11.9 Å². The van der Waals surface area contributed by atoms with Gasteiger partial charge in [0.1, 0.15) is 24.7 Å². The van der Waals surface area contributed by atoms with Gasteiger partial charge in [-0.2, -0.15) is 0 Å². The number of hydrogen-bond donors (Lipinski definition) is 3. The number of carboxylic acid groups (broad SMARTS) is 1. The number of aromatic nitrogens is 2. The number of pyridine rings is 2. The highest BCUT2D eigenvalue weighted by Crippen LogP contribution is 2.23. The lowest BCUT2D eigenvalue weighted by molar-refractivity contribution is -0.143. The third kappa shape index (κ3) is 16.3. The van der Waals surface area contributed by atoms with Crippen molar-refractivity contribution in [1.82, 2.24) is 25.1 Å². The molecule has 4 N–H and O–H groups in total. The first-order valence-electron chi connectivity index (χ1n) is 20.5. The average Bonchev–Trinajstić information content (AvgIpc) is 3.24. The number of nitrogens with two attached hydrogens (primary N) is 1. The number of benzene rings is 2. The second kappa shape index (κ2) is 24.7. The summed E-state index contributed by atoms with van der Waals surface area (Å²) >= 11 is 0. The van der Waals surface area contributed by atoms with Crippen LogP contribution < -0.4 is 20.5 Å². The Bertz CT molecular complexity index is 1670. The maximum Gasteiger partial charge on any atom is 0.306 e. The minimum Gasteiger partial charge on any atom is -0.492 e. The number of nitrogens with one attached hydrogen (secondary N) is 1. The van der Waals surface area contributed by atoms with Gasteiger partial charge in [-0.3, -0.25) is 29.4 Å². The lowest BCUT2D eigenvalue weighted by Crippen LogP contribution is -2.43. The molecule has 0 saturated carbocycles. The molecule has 2 unspecified atom stereocenters. The Morgan fingerprint density at radius 2 is 1.11 bits per heavy atom. The highest BCUT2D eigenvalue weighted by atomic mass is 16.5. The van der Waals surface area contributed by atoms with Crippen molar-refractivity contribution in [2.45, 2.75) is 65.5 Å². The van der Waals surface area contributed by atoms with E-state index < -0.39 is 5.97 Å². The van der Waals surface area contributed by atoms with Crippen LogP contribution in [0.5, 0.6) is 11.5 Å². The number of carbonyl (C=O) groups is 2. The van der Waals surface area contributed by atoms with Crippen molar-refractivity contribution in [3.63, 3.8) is 0 Å². The maximum absolute atomic E-state index is 12.8. The summed E-state index contributed by atoms with van der Waals surface area (Å²) in [6, 6.07) is 31.4. The van der Waals surface area contributed by atoms with Crippen LogP contribution in [-0.4, -0.2) is 89.2 Å². The average molecular weight is 781 g/mol. The summed E-state index contributed by atoms with van der Waals surface area (Å²) in [7, 11) is 0. The number of carboxylic acids is 1. The molecule has 4 aromatic rings. The number of aliphatic carboxylic acids is 1. The number of amides is 1. The minimum atomic E-state index is -0.657. The Morgan fingerprint density at radius 1 is 0.667 bits per heavy atom. The normalized spacial score (nSPS) is 16.3. The summed E-state index contributed by atoms with van der Waals surface area (Å²) in [6.45, 7) is 15.1. The van der Waals surface area contributed by atoms with Gasteiger partial charge in [0.15, 0.2) is 0 Å². The van der Waals surface area contributed by atoms with Crippen LogP contribution in [-0.2, 0) is 9.59 Å². The van der Waals surface area contributed by atoms with E-state index in [1.54, 1.807) is 12.4 Å². The molecular formula is C46H64N6O5. The van der Waals surface area contributed by atoms with Crippen LogP contribution in [0.25, 0.3) is 0 Å². The van der Waals surface area contributed by atoms with Crippen molar-refractivity contribution in [1.29, 1.82) is 0 Å². The van der Waals surface area contributed by atoms with E-state index in [1.807, 2.05) is 97.1 Å². The smallest absolute Gasteiger partial charge is 0.306 e. The topological polar surface area (TPSA) is 143 Å². The molecule has 1 amide bonds. The summed E-state index contributed by atoms with van der Waals surface area (Å²) in [6.07, 6.45) is 6.85. The van der Waals surface area contributed by atoms with Gasteiger partial charge in [-0.1, -0.05) is 76.2 Å². The first-order valence-corrected chi connectivity index (χ1v) is 20.5. The predicted octanol–water partition coefficient (Wildman–Crippen LogP) is 7.29. The fourth-order valence-corrected chi connectivity index (χ4v) is 6.77. The Labute approximate surface area is 340 Å². The van der Waals surface area contributed by atoms with E-state index in [0.717, 1.165) is 87.8 Å². The van der Waals surface area contributed by atoms with Crippen LogP contribution in [0.1, 0.15) is 76.8 Å². The van der Waals surface area contributed by atoms with E-state index in [9.17, 15) is 9.59 Å². The number of likely N-dealkylation sites (tertiary alicyclic amines) is 2. The molecule has 0 bridgehead atoms. The predicted molar refractivity (Wildman–Crippen MR) is 226 cm³/mol. The Balaban J connectivity index is 0.000000211. The molecule has 0 aliphatic carbocycles. The SMILES string of the molecule is CC(C)C(N)c1ccccn1.CC(C)C(NC(=O)C1CCN(CCOc2ccccc2)CC1)c1ccccn1.O=C(O)C1CCN(CCOc2ccccc2)CC1.